The average molecular weight is 226 g/mol. The van der Waals surface area contributed by atoms with Crippen molar-refractivity contribution in [3.8, 4) is 0 Å². The molecule has 0 saturated carbocycles. The first-order valence-electron chi connectivity index (χ1n) is 5.30. The number of anilines is 2. The van der Waals surface area contributed by atoms with Gasteiger partial charge in [-0.25, -0.2) is 0 Å². The molecule has 2 N–H and O–H groups in total. The smallest absolute Gasteiger partial charge is 0.139 e. The van der Waals surface area contributed by atoms with Crippen molar-refractivity contribution in [1.29, 1.82) is 0 Å². The standard InChI is InChI=1S/C10H18N4S/c1-13(2)8-3-5-14(6-4-8)10-7-9(11)12-15-10/h7-8H,3-6H2,1-2H3,(H2,11,12). The van der Waals surface area contributed by atoms with Gasteiger partial charge in [0.05, 0.1) is 0 Å². The summed E-state index contributed by atoms with van der Waals surface area (Å²) in [7, 11) is 4.32. The number of aromatic nitrogens is 1. The van der Waals surface area contributed by atoms with E-state index in [-0.39, 0.29) is 0 Å². The van der Waals surface area contributed by atoms with Gasteiger partial charge in [0.2, 0.25) is 0 Å². The maximum Gasteiger partial charge on any atom is 0.139 e. The van der Waals surface area contributed by atoms with Crippen molar-refractivity contribution in [1.82, 2.24) is 9.27 Å². The molecule has 1 saturated heterocycles. The van der Waals surface area contributed by atoms with Crippen molar-refractivity contribution < 1.29 is 0 Å². The van der Waals surface area contributed by atoms with Crippen LogP contribution >= 0.6 is 11.5 Å². The highest BCUT2D eigenvalue weighted by molar-refractivity contribution is 7.10. The predicted octanol–water partition coefficient (Wildman–Crippen LogP) is 1.26. The van der Waals surface area contributed by atoms with Gasteiger partial charge in [0.25, 0.3) is 0 Å². The van der Waals surface area contributed by atoms with Crippen LogP contribution in [-0.2, 0) is 0 Å². The van der Waals surface area contributed by atoms with Crippen LogP contribution in [0.15, 0.2) is 6.07 Å². The maximum absolute atomic E-state index is 5.63. The van der Waals surface area contributed by atoms with E-state index in [9.17, 15) is 0 Å². The summed E-state index contributed by atoms with van der Waals surface area (Å²) in [5.41, 5.74) is 5.63. The predicted molar refractivity (Wildman–Crippen MR) is 65.4 cm³/mol. The molecule has 1 aromatic heterocycles. The number of rotatable bonds is 2. The molecular formula is C10H18N4S. The molecule has 0 radical (unpaired) electrons. The lowest BCUT2D eigenvalue weighted by atomic mass is 10.0. The average Bonchev–Trinajstić information content (AvgIpc) is 2.65. The first-order valence-corrected chi connectivity index (χ1v) is 6.07. The topological polar surface area (TPSA) is 45.4 Å². The van der Waals surface area contributed by atoms with Gasteiger partial charge in [-0.2, -0.15) is 4.37 Å². The summed E-state index contributed by atoms with van der Waals surface area (Å²) < 4.78 is 4.11. The molecule has 1 aliphatic heterocycles. The van der Waals surface area contributed by atoms with Crippen LogP contribution in [0.3, 0.4) is 0 Å². The van der Waals surface area contributed by atoms with Gasteiger partial charge in [0.1, 0.15) is 10.8 Å². The van der Waals surface area contributed by atoms with Gasteiger partial charge in [0, 0.05) is 25.2 Å². The fraction of sp³-hybridized carbons (Fsp3) is 0.700. The maximum atomic E-state index is 5.63. The Bertz CT molecular complexity index is 315. The highest BCUT2D eigenvalue weighted by atomic mass is 32.1. The zero-order valence-electron chi connectivity index (χ0n) is 9.31. The fourth-order valence-corrected chi connectivity index (χ4v) is 2.75. The van der Waals surface area contributed by atoms with Crippen LogP contribution in [0.25, 0.3) is 0 Å². The van der Waals surface area contributed by atoms with Gasteiger partial charge in [-0.1, -0.05) is 0 Å². The molecule has 0 bridgehead atoms. The summed E-state index contributed by atoms with van der Waals surface area (Å²) in [5.74, 6) is 0.643. The third-order valence-electron chi connectivity index (χ3n) is 3.02. The van der Waals surface area contributed by atoms with Crippen LogP contribution < -0.4 is 10.6 Å². The summed E-state index contributed by atoms with van der Waals surface area (Å²) in [6, 6.07) is 2.70. The molecule has 0 spiro atoms. The molecule has 0 atom stereocenters. The molecule has 5 heteroatoms. The molecule has 2 rings (SSSR count). The molecule has 1 aliphatic rings. The SMILES string of the molecule is CN(C)C1CCN(c2cc(N)ns2)CC1. The van der Waals surface area contributed by atoms with Gasteiger partial charge in [-0.05, 0) is 38.5 Å². The molecule has 84 valence electrons. The molecule has 0 aliphatic carbocycles. The second-order valence-electron chi connectivity index (χ2n) is 4.27. The minimum absolute atomic E-state index is 0.643. The Kier molecular flexibility index (Phi) is 3.11. The van der Waals surface area contributed by atoms with E-state index in [0.717, 1.165) is 19.1 Å². The second-order valence-corrected chi connectivity index (χ2v) is 5.06. The first kappa shape index (κ1) is 10.7. The molecule has 1 aromatic rings. The Morgan fingerprint density at radius 1 is 1.47 bits per heavy atom. The summed E-state index contributed by atoms with van der Waals surface area (Å²) in [6.45, 7) is 2.23. The number of nitrogen functional groups attached to an aromatic ring is 1. The van der Waals surface area contributed by atoms with E-state index in [4.69, 9.17) is 5.73 Å². The Labute approximate surface area is 94.8 Å². The Morgan fingerprint density at radius 2 is 2.13 bits per heavy atom. The molecule has 1 fully saturated rings. The van der Waals surface area contributed by atoms with Crippen molar-refractivity contribution >= 4 is 22.4 Å². The number of piperidine rings is 1. The fourth-order valence-electron chi connectivity index (χ4n) is 2.03. The third kappa shape index (κ3) is 2.41. The Hall–Kier alpha value is -0.810. The quantitative estimate of drug-likeness (QED) is 0.824. The summed E-state index contributed by atoms with van der Waals surface area (Å²) >= 11 is 1.50. The van der Waals surface area contributed by atoms with Crippen molar-refractivity contribution in [2.75, 3.05) is 37.8 Å². The number of nitrogens with two attached hydrogens (primary N) is 1. The second kappa shape index (κ2) is 4.37. The lowest BCUT2D eigenvalue weighted by Crippen LogP contribution is -2.41. The Morgan fingerprint density at radius 3 is 2.60 bits per heavy atom. The Balaban J connectivity index is 1.93. The van der Waals surface area contributed by atoms with Crippen molar-refractivity contribution in [3.63, 3.8) is 0 Å². The van der Waals surface area contributed by atoms with Crippen LogP contribution in [0, 0.1) is 0 Å². The third-order valence-corrected chi connectivity index (χ3v) is 3.89. The van der Waals surface area contributed by atoms with E-state index in [1.165, 1.54) is 29.4 Å². The lowest BCUT2D eigenvalue weighted by molar-refractivity contribution is 0.250. The van der Waals surface area contributed by atoms with E-state index in [0.29, 0.717) is 5.82 Å². The lowest BCUT2D eigenvalue weighted by Gasteiger charge is -2.35. The van der Waals surface area contributed by atoms with E-state index in [1.54, 1.807) is 0 Å². The van der Waals surface area contributed by atoms with Gasteiger partial charge < -0.3 is 15.5 Å². The largest absolute Gasteiger partial charge is 0.383 e. The van der Waals surface area contributed by atoms with Crippen molar-refractivity contribution in [3.05, 3.63) is 6.07 Å². The highest BCUT2D eigenvalue weighted by Crippen LogP contribution is 2.26. The minimum atomic E-state index is 0.643. The summed E-state index contributed by atoms with van der Waals surface area (Å²) in [4.78, 5) is 4.70. The molecular weight excluding hydrogens is 208 g/mol. The van der Waals surface area contributed by atoms with Crippen LogP contribution in [-0.4, -0.2) is 42.5 Å². The van der Waals surface area contributed by atoms with Gasteiger partial charge in [-0.15, -0.1) is 0 Å². The molecule has 15 heavy (non-hydrogen) atoms. The zero-order chi connectivity index (χ0) is 10.8. The molecule has 0 unspecified atom stereocenters. The van der Waals surface area contributed by atoms with E-state index in [1.807, 2.05) is 6.07 Å². The first-order chi connectivity index (χ1) is 7.16. The normalized spacial score (nSPS) is 18.7. The zero-order valence-corrected chi connectivity index (χ0v) is 10.1. The number of hydrogen-bond acceptors (Lipinski definition) is 5. The van der Waals surface area contributed by atoms with Crippen LogP contribution in [0.5, 0.6) is 0 Å². The minimum Gasteiger partial charge on any atom is -0.383 e. The highest BCUT2D eigenvalue weighted by Gasteiger charge is 2.21. The van der Waals surface area contributed by atoms with E-state index < -0.39 is 0 Å². The van der Waals surface area contributed by atoms with E-state index in [2.05, 4.69) is 28.3 Å². The molecule has 2 heterocycles. The molecule has 4 nitrogen and oxygen atoms in total. The summed E-state index contributed by atoms with van der Waals surface area (Å²) in [6.07, 6.45) is 2.45. The summed E-state index contributed by atoms with van der Waals surface area (Å²) in [5, 5.41) is 1.21. The molecule has 0 amide bonds. The monoisotopic (exact) mass is 226 g/mol. The molecule has 0 aromatic carbocycles. The van der Waals surface area contributed by atoms with Gasteiger partial charge >= 0.3 is 0 Å². The van der Waals surface area contributed by atoms with Gasteiger partial charge in [0.15, 0.2) is 0 Å². The number of nitrogens with zero attached hydrogens (tertiary/aromatic N) is 3. The van der Waals surface area contributed by atoms with Gasteiger partial charge in [-0.3, -0.25) is 0 Å². The number of hydrogen-bond donors (Lipinski definition) is 1. The van der Waals surface area contributed by atoms with Crippen LogP contribution in [0.1, 0.15) is 12.8 Å². The van der Waals surface area contributed by atoms with Crippen molar-refractivity contribution in [2.24, 2.45) is 0 Å². The van der Waals surface area contributed by atoms with Crippen LogP contribution in [0.2, 0.25) is 0 Å². The van der Waals surface area contributed by atoms with Crippen LogP contribution in [0.4, 0.5) is 10.8 Å². The van der Waals surface area contributed by atoms with Crippen molar-refractivity contribution in [2.45, 2.75) is 18.9 Å². The van der Waals surface area contributed by atoms with E-state index >= 15 is 0 Å².